The minimum Gasteiger partial charge on any atom is -0.497 e. The third kappa shape index (κ3) is 3.69. The minimum absolute atomic E-state index is 0.311. The first-order valence-electron chi connectivity index (χ1n) is 7.77. The lowest BCUT2D eigenvalue weighted by Crippen LogP contribution is -2.27. The molecule has 25 heavy (non-hydrogen) atoms. The lowest BCUT2D eigenvalue weighted by Gasteiger charge is -2.13. The molecule has 2 amide bonds. The van der Waals surface area contributed by atoms with Crippen LogP contribution in [0, 0.1) is 0 Å². The highest BCUT2D eigenvalue weighted by Crippen LogP contribution is 2.36. The van der Waals surface area contributed by atoms with Crippen LogP contribution in [0.5, 0.6) is 11.5 Å². The SMILES string of the molecule is CCOc1ccc(N2C(=O)SC(=Cc3ccc(OC)cc3)C2=O)cc1. The molecule has 0 N–H and O–H groups in total. The molecule has 0 radical (unpaired) electrons. The Kier molecular flexibility index (Phi) is 5.09. The molecule has 6 heteroatoms. The van der Waals surface area contributed by atoms with Crippen LogP contribution in [0.3, 0.4) is 0 Å². The van der Waals surface area contributed by atoms with E-state index in [2.05, 4.69) is 0 Å². The predicted molar refractivity (Wildman–Crippen MR) is 99.1 cm³/mol. The van der Waals surface area contributed by atoms with Gasteiger partial charge in [0.25, 0.3) is 11.1 Å². The minimum atomic E-state index is -0.324. The molecule has 1 saturated heterocycles. The Bertz CT molecular complexity index is 812. The van der Waals surface area contributed by atoms with Gasteiger partial charge in [0.2, 0.25) is 0 Å². The van der Waals surface area contributed by atoms with E-state index in [1.807, 2.05) is 31.2 Å². The van der Waals surface area contributed by atoms with Crippen LogP contribution in [-0.2, 0) is 4.79 Å². The largest absolute Gasteiger partial charge is 0.497 e. The van der Waals surface area contributed by atoms with Crippen LogP contribution in [0.25, 0.3) is 6.08 Å². The highest BCUT2D eigenvalue weighted by molar-refractivity contribution is 8.19. The molecule has 3 rings (SSSR count). The van der Waals surface area contributed by atoms with E-state index in [1.54, 1.807) is 37.5 Å². The van der Waals surface area contributed by atoms with E-state index in [0.29, 0.717) is 22.9 Å². The van der Waals surface area contributed by atoms with Gasteiger partial charge in [-0.1, -0.05) is 12.1 Å². The smallest absolute Gasteiger partial charge is 0.298 e. The molecule has 0 unspecified atom stereocenters. The highest BCUT2D eigenvalue weighted by atomic mass is 32.2. The van der Waals surface area contributed by atoms with Gasteiger partial charge < -0.3 is 9.47 Å². The molecular weight excluding hydrogens is 338 g/mol. The maximum absolute atomic E-state index is 12.6. The van der Waals surface area contributed by atoms with Crippen LogP contribution in [0.15, 0.2) is 53.4 Å². The number of imide groups is 1. The van der Waals surface area contributed by atoms with Crippen molar-refractivity contribution in [2.24, 2.45) is 0 Å². The number of rotatable bonds is 5. The van der Waals surface area contributed by atoms with E-state index in [9.17, 15) is 9.59 Å². The summed E-state index contributed by atoms with van der Waals surface area (Å²) in [5, 5.41) is -0.311. The first-order valence-corrected chi connectivity index (χ1v) is 8.59. The number of ether oxygens (including phenoxy) is 2. The Morgan fingerprint density at radius 3 is 2.24 bits per heavy atom. The molecule has 0 spiro atoms. The fourth-order valence-electron chi connectivity index (χ4n) is 2.40. The van der Waals surface area contributed by atoms with Crippen LogP contribution >= 0.6 is 11.8 Å². The summed E-state index contributed by atoms with van der Waals surface area (Å²) in [5.41, 5.74) is 1.36. The predicted octanol–water partition coefficient (Wildman–Crippen LogP) is 4.33. The van der Waals surface area contributed by atoms with Gasteiger partial charge in [-0.2, -0.15) is 0 Å². The van der Waals surface area contributed by atoms with Gasteiger partial charge in [-0.15, -0.1) is 0 Å². The Balaban J connectivity index is 1.82. The Hall–Kier alpha value is -2.73. The van der Waals surface area contributed by atoms with E-state index >= 15 is 0 Å². The number of benzene rings is 2. The van der Waals surface area contributed by atoms with Gasteiger partial charge in [-0.25, -0.2) is 4.90 Å². The second-order valence-corrected chi connectivity index (χ2v) is 6.21. The van der Waals surface area contributed by atoms with Crippen molar-refractivity contribution < 1.29 is 19.1 Å². The van der Waals surface area contributed by atoms with Crippen molar-refractivity contribution in [3.05, 3.63) is 59.0 Å². The zero-order chi connectivity index (χ0) is 17.8. The fourth-order valence-corrected chi connectivity index (χ4v) is 3.24. The molecule has 0 aromatic heterocycles. The summed E-state index contributed by atoms with van der Waals surface area (Å²) in [6.45, 7) is 2.46. The molecule has 5 nitrogen and oxygen atoms in total. The molecule has 128 valence electrons. The first kappa shape index (κ1) is 17.1. The molecule has 0 aliphatic carbocycles. The molecule has 2 aromatic carbocycles. The lowest BCUT2D eigenvalue weighted by molar-refractivity contribution is -0.113. The van der Waals surface area contributed by atoms with Crippen LogP contribution in [0.4, 0.5) is 10.5 Å². The van der Waals surface area contributed by atoms with Gasteiger partial charge in [0.15, 0.2) is 0 Å². The molecule has 0 atom stereocenters. The molecule has 1 aliphatic heterocycles. The average molecular weight is 355 g/mol. The Labute approximate surface area is 150 Å². The third-order valence-electron chi connectivity index (χ3n) is 3.61. The Morgan fingerprint density at radius 1 is 1.00 bits per heavy atom. The van der Waals surface area contributed by atoms with Crippen LogP contribution < -0.4 is 14.4 Å². The molecule has 1 heterocycles. The highest BCUT2D eigenvalue weighted by Gasteiger charge is 2.36. The number of carbonyl (C=O) groups excluding carboxylic acids is 2. The maximum atomic E-state index is 12.6. The number of carbonyl (C=O) groups is 2. The van der Waals surface area contributed by atoms with Gasteiger partial charge in [0, 0.05) is 0 Å². The van der Waals surface area contributed by atoms with Crippen LogP contribution in [0.1, 0.15) is 12.5 Å². The number of nitrogens with zero attached hydrogens (tertiary/aromatic N) is 1. The van der Waals surface area contributed by atoms with Gasteiger partial charge >= 0.3 is 0 Å². The maximum Gasteiger partial charge on any atom is 0.298 e. The zero-order valence-electron chi connectivity index (χ0n) is 13.9. The number of methoxy groups -OCH3 is 1. The second-order valence-electron chi connectivity index (χ2n) is 5.22. The van der Waals surface area contributed by atoms with E-state index in [4.69, 9.17) is 9.47 Å². The van der Waals surface area contributed by atoms with Gasteiger partial charge in [0.05, 0.1) is 24.3 Å². The van der Waals surface area contributed by atoms with E-state index in [1.165, 1.54) is 4.90 Å². The summed E-state index contributed by atoms with van der Waals surface area (Å²) in [6.07, 6.45) is 1.71. The van der Waals surface area contributed by atoms with Gasteiger partial charge in [-0.3, -0.25) is 9.59 Å². The van der Waals surface area contributed by atoms with Crippen molar-refractivity contribution in [2.75, 3.05) is 18.6 Å². The van der Waals surface area contributed by atoms with Crippen molar-refractivity contribution in [1.82, 2.24) is 0 Å². The number of hydrogen-bond acceptors (Lipinski definition) is 5. The number of thioether (sulfide) groups is 1. The molecule has 0 bridgehead atoms. The van der Waals surface area contributed by atoms with Gasteiger partial charge in [-0.05, 0) is 66.7 Å². The molecule has 0 saturated carbocycles. The van der Waals surface area contributed by atoms with Crippen molar-refractivity contribution in [2.45, 2.75) is 6.92 Å². The second kappa shape index (κ2) is 7.44. The standard InChI is InChI=1S/C19H17NO4S/c1-3-24-16-10-6-14(7-11-16)20-18(21)17(25-19(20)22)12-13-4-8-15(23-2)9-5-13/h4-12H,3H2,1-2H3. The van der Waals surface area contributed by atoms with Gasteiger partial charge in [0.1, 0.15) is 11.5 Å². The summed E-state index contributed by atoms with van der Waals surface area (Å²) in [5.74, 6) is 1.11. The Morgan fingerprint density at radius 2 is 1.64 bits per heavy atom. The third-order valence-corrected chi connectivity index (χ3v) is 4.48. The van der Waals surface area contributed by atoms with E-state index < -0.39 is 0 Å². The molecule has 1 fully saturated rings. The van der Waals surface area contributed by atoms with E-state index in [0.717, 1.165) is 23.1 Å². The van der Waals surface area contributed by atoms with Crippen molar-refractivity contribution in [3.63, 3.8) is 0 Å². The summed E-state index contributed by atoms with van der Waals surface area (Å²) in [4.78, 5) is 26.5. The summed E-state index contributed by atoms with van der Waals surface area (Å²) < 4.78 is 10.5. The topological polar surface area (TPSA) is 55.8 Å². The number of anilines is 1. The molecular formula is C19H17NO4S. The normalized spacial score (nSPS) is 15.8. The van der Waals surface area contributed by atoms with Crippen molar-refractivity contribution >= 4 is 34.7 Å². The molecule has 2 aromatic rings. The number of amides is 2. The first-order chi connectivity index (χ1) is 12.1. The average Bonchev–Trinajstić information content (AvgIpc) is 2.90. The summed E-state index contributed by atoms with van der Waals surface area (Å²) >= 11 is 0.932. The summed E-state index contributed by atoms with van der Waals surface area (Å²) in [7, 11) is 1.59. The zero-order valence-corrected chi connectivity index (χ0v) is 14.7. The van der Waals surface area contributed by atoms with Crippen LogP contribution in [0.2, 0.25) is 0 Å². The molecule has 1 aliphatic rings. The summed E-state index contributed by atoms with van der Waals surface area (Å²) in [6, 6.07) is 14.2. The number of hydrogen-bond donors (Lipinski definition) is 0. The quantitative estimate of drug-likeness (QED) is 0.747. The monoisotopic (exact) mass is 355 g/mol. The van der Waals surface area contributed by atoms with Crippen LogP contribution in [-0.4, -0.2) is 24.9 Å². The van der Waals surface area contributed by atoms with E-state index in [-0.39, 0.29) is 11.1 Å². The fraction of sp³-hybridized carbons (Fsp3) is 0.158. The lowest BCUT2D eigenvalue weighted by atomic mass is 10.2. The van der Waals surface area contributed by atoms with Crippen molar-refractivity contribution in [1.29, 1.82) is 0 Å². The van der Waals surface area contributed by atoms with Crippen molar-refractivity contribution in [3.8, 4) is 11.5 Å².